The molecule has 0 heterocycles. The zero-order valence-electron chi connectivity index (χ0n) is 16.6. The molecule has 0 aromatic heterocycles. The fourth-order valence-electron chi connectivity index (χ4n) is 2.32. The molecular weight excluding hydrogens is 393 g/mol. The SMILES string of the molecule is CCCOc1ccc(C(=O)NNC(=S)NCc2ccc(F)cc2)cc1OCCC. The summed E-state index contributed by atoms with van der Waals surface area (Å²) in [5.74, 6) is 0.487. The summed E-state index contributed by atoms with van der Waals surface area (Å²) in [4.78, 5) is 12.4. The van der Waals surface area contributed by atoms with E-state index in [0.29, 0.717) is 36.8 Å². The second kappa shape index (κ2) is 11.9. The van der Waals surface area contributed by atoms with Gasteiger partial charge in [0.1, 0.15) is 5.82 Å². The minimum absolute atomic E-state index is 0.244. The molecule has 0 aliphatic rings. The fourth-order valence-corrected chi connectivity index (χ4v) is 2.44. The van der Waals surface area contributed by atoms with E-state index in [0.717, 1.165) is 18.4 Å². The number of benzene rings is 2. The molecule has 0 fully saturated rings. The third-order valence-electron chi connectivity index (χ3n) is 3.79. The third kappa shape index (κ3) is 7.57. The van der Waals surface area contributed by atoms with Crippen LogP contribution in [0, 0.1) is 5.82 Å². The molecule has 29 heavy (non-hydrogen) atoms. The van der Waals surface area contributed by atoms with Gasteiger partial charge < -0.3 is 14.8 Å². The maximum atomic E-state index is 12.9. The second-order valence-corrected chi connectivity index (χ2v) is 6.65. The van der Waals surface area contributed by atoms with Crippen LogP contribution in [0.15, 0.2) is 42.5 Å². The zero-order valence-corrected chi connectivity index (χ0v) is 17.4. The van der Waals surface area contributed by atoms with E-state index in [2.05, 4.69) is 16.2 Å². The molecule has 0 radical (unpaired) electrons. The average Bonchev–Trinajstić information content (AvgIpc) is 2.74. The topological polar surface area (TPSA) is 71.6 Å². The lowest BCUT2D eigenvalue weighted by atomic mass is 10.2. The summed E-state index contributed by atoms with van der Waals surface area (Å²) in [7, 11) is 0. The number of hydrogen-bond donors (Lipinski definition) is 3. The molecule has 2 rings (SSSR count). The molecule has 0 atom stereocenters. The van der Waals surface area contributed by atoms with Gasteiger partial charge in [-0.25, -0.2) is 4.39 Å². The number of carbonyl (C=O) groups excluding carboxylic acids is 1. The Morgan fingerprint density at radius 2 is 1.62 bits per heavy atom. The minimum atomic E-state index is -0.362. The van der Waals surface area contributed by atoms with E-state index >= 15 is 0 Å². The summed E-state index contributed by atoms with van der Waals surface area (Å²) in [6.07, 6.45) is 1.72. The molecular formula is C21H26FN3O3S. The molecule has 2 aromatic carbocycles. The van der Waals surface area contributed by atoms with E-state index < -0.39 is 0 Å². The van der Waals surface area contributed by atoms with Crippen LogP contribution in [0.3, 0.4) is 0 Å². The Morgan fingerprint density at radius 1 is 0.966 bits per heavy atom. The second-order valence-electron chi connectivity index (χ2n) is 6.25. The third-order valence-corrected chi connectivity index (χ3v) is 4.03. The highest BCUT2D eigenvalue weighted by atomic mass is 32.1. The van der Waals surface area contributed by atoms with Gasteiger partial charge in [-0.05, 0) is 61.0 Å². The summed E-state index contributed by atoms with van der Waals surface area (Å²) < 4.78 is 24.3. The number of carbonyl (C=O) groups is 1. The molecule has 0 saturated heterocycles. The lowest BCUT2D eigenvalue weighted by Gasteiger charge is -2.14. The fraction of sp³-hybridized carbons (Fsp3) is 0.333. The Balaban J connectivity index is 1.89. The number of amides is 1. The van der Waals surface area contributed by atoms with Crippen molar-refractivity contribution in [2.24, 2.45) is 0 Å². The van der Waals surface area contributed by atoms with E-state index in [9.17, 15) is 9.18 Å². The van der Waals surface area contributed by atoms with E-state index in [1.807, 2.05) is 13.8 Å². The molecule has 0 saturated carbocycles. The quantitative estimate of drug-likeness (QED) is 0.425. The first-order chi connectivity index (χ1) is 14.0. The van der Waals surface area contributed by atoms with Gasteiger partial charge in [0.25, 0.3) is 5.91 Å². The first kappa shape index (κ1) is 22.4. The Hall–Kier alpha value is -2.87. The average molecular weight is 420 g/mol. The van der Waals surface area contributed by atoms with Gasteiger partial charge in [0.05, 0.1) is 13.2 Å². The molecule has 0 aliphatic heterocycles. The van der Waals surface area contributed by atoms with Gasteiger partial charge in [0.2, 0.25) is 0 Å². The van der Waals surface area contributed by atoms with E-state index in [-0.39, 0.29) is 16.8 Å². The van der Waals surface area contributed by atoms with E-state index in [1.54, 1.807) is 30.3 Å². The van der Waals surface area contributed by atoms with Crippen LogP contribution in [-0.4, -0.2) is 24.2 Å². The summed E-state index contributed by atoms with van der Waals surface area (Å²) in [5, 5.41) is 3.18. The van der Waals surface area contributed by atoms with Crippen LogP contribution < -0.4 is 25.6 Å². The van der Waals surface area contributed by atoms with Crippen LogP contribution >= 0.6 is 12.2 Å². The molecule has 1 amide bonds. The molecule has 6 nitrogen and oxygen atoms in total. The number of nitrogens with one attached hydrogen (secondary N) is 3. The summed E-state index contributed by atoms with van der Waals surface area (Å²) in [6, 6.07) is 11.1. The van der Waals surface area contributed by atoms with E-state index in [4.69, 9.17) is 21.7 Å². The Labute approximate surface area is 175 Å². The number of rotatable bonds is 9. The van der Waals surface area contributed by atoms with Crippen LogP contribution in [0.1, 0.15) is 42.6 Å². The number of hydrazine groups is 1. The normalized spacial score (nSPS) is 10.2. The van der Waals surface area contributed by atoms with Crippen molar-refractivity contribution in [1.29, 1.82) is 0 Å². The first-order valence-electron chi connectivity index (χ1n) is 9.51. The molecule has 0 bridgehead atoms. The van der Waals surface area contributed by atoms with Crippen molar-refractivity contribution in [2.75, 3.05) is 13.2 Å². The highest BCUT2D eigenvalue weighted by Crippen LogP contribution is 2.28. The zero-order chi connectivity index (χ0) is 21.1. The number of ether oxygens (including phenoxy) is 2. The Morgan fingerprint density at radius 3 is 2.28 bits per heavy atom. The van der Waals surface area contributed by atoms with Crippen LogP contribution in [0.5, 0.6) is 11.5 Å². The van der Waals surface area contributed by atoms with Gasteiger partial charge >= 0.3 is 0 Å². The monoisotopic (exact) mass is 419 g/mol. The van der Waals surface area contributed by atoms with E-state index in [1.165, 1.54) is 12.1 Å². The van der Waals surface area contributed by atoms with Crippen molar-refractivity contribution in [1.82, 2.24) is 16.2 Å². The highest BCUT2D eigenvalue weighted by molar-refractivity contribution is 7.80. The van der Waals surface area contributed by atoms with Crippen LogP contribution in [0.2, 0.25) is 0 Å². The predicted molar refractivity (Wildman–Crippen MR) is 114 cm³/mol. The van der Waals surface area contributed by atoms with Gasteiger partial charge in [-0.3, -0.25) is 15.6 Å². The lowest BCUT2D eigenvalue weighted by Crippen LogP contribution is -2.46. The van der Waals surface area contributed by atoms with Crippen molar-refractivity contribution < 1.29 is 18.7 Å². The van der Waals surface area contributed by atoms with Gasteiger partial charge in [-0.1, -0.05) is 26.0 Å². The maximum Gasteiger partial charge on any atom is 0.269 e. The number of halogens is 1. The minimum Gasteiger partial charge on any atom is -0.490 e. The molecule has 0 aliphatic carbocycles. The van der Waals surface area contributed by atoms with Crippen molar-refractivity contribution in [3.63, 3.8) is 0 Å². The number of hydrogen-bond acceptors (Lipinski definition) is 4. The van der Waals surface area contributed by atoms with Crippen molar-refractivity contribution >= 4 is 23.2 Å². The van der Waals surface area contributed by atoms with Crippen LogP contribution in [-0.2, 0) is 6.54 Å². The predicted octanol–water partition coefficient (Wildman–Crippen LogP) is 3.71. The standard InChI is InChI=1S/C21H26FN3O3S/c1-3-11-27-18-10-7-16(13-19(18)28-12-4-2)20(26)24-25-21(29)23-14-15-5-8-17(22)9-6-15/h5-10,13H,3-4,11-12,14H2,1-2H3,(H,24,26)(H2,23,25,29). The largest absolute Gasteiger partial charge is 0.490 e. The van der Waals surface area contributed by atoms with Gasteiger partial charge in [0.15, 0.2) is 16.6 Å². The summed E-state index contributed by atoms with van der Waals surface area (Å²) in [6.45, 7) is 5.53. The lowest BCUT2D eigenvalue weighted by molar-refractivity contribution is 0.0943. The van der Waals surface area contributed by atoms with Gasteiger partial charge in [-0.15, -0.1) is 0 Å². The smallest absolute Gasteiger partial charge is 0.269 e. The Bertz CT molecular complexity index is 815. The molecule has 3 N–H and O–H groups in total. The summed E-state index contributed by atoms with van der Waals surface area (Å²) in [5.41, 5.74) is 6.46. The van der Waals surface area contributed by atoms with Crippen molar-refractivity contribution in [3.05, 3.63) is 59.4 Å². The van der Waals surface area contributed by atoms with Crippen LogP contribution in [0.4, 0.5) is 4.39 Å². The van der Waals surface area contributed by atoms with Crippen LogP contribution in [0.25, 0.3) is 0 Å². The summed E-state index contributed by atoms with van der Waals surface area (Å²) >= 11 is 5.14. The molecule has 0 unspecified atom stereocenters. The highest BCUT2D eigenvalue weighted by Gasteiger charge is 2.12. The molecule has 8 heteroatoms. The molecule has 2 aromatic rings. The molecule has 156 valence electrons. The Kier molecular flexibility index (Phi) is 9.17. The molecule has 0 spiro atoms. The first-order valence-corrected chi connectivity index (χ1v) is 9.92. The van der Waals surface area contributed by atoms with Crippen molar-refractivity contribution in [2.45, 2.75) is 33.2 Å². The maximum absolute atomic E-state index is 12.9. The number of thiocarbonyl (C=S) groups is 1. The van der Waals surface area contributed by atoms with Crippen molar-refractivity contribution in [3.8, 4) is 11.5 Å². The van der Waals surface area contributed by atoms with Gasteiger partial charge in [-0.2, -0.15) is 0 Å². The van der Waals surface area contributed by atoms with Gasteiger partial charge in [0, 0.05) is 12.1 Å².